The van der Waals surface area contributed by atoms with Crippen LogP contribution in [0.1, 0.15) is 44.1 Å². The van der Waals surface area contributed by atoms with E-state index < -0.39 is 0 Å². The Morgan fingerprint density at radius 3 is 2.90 bits per heavy atom. The number of hydrogen-bond donors (Lipinski definition) is 1. The molecule has 2 atom stereocenters. The van der Waals surface area contributed by atoms with Crippen molar-refractivity contribution in [2.75, 3.05) is 13.2 Å². The van der Waals surface area contributed by atoms with Crippen molar-refractivity contribution >= 4 is 0 Å². The number of rotatable bonds is 8. The highest BCUT2D eigenvalue weighted by Crippen LogP contribution is 2.24. The SMILES string of the molecule is Fc1cccc(CC(CCC2CCCO2)CNC2CC2)c1. The molecule has 0 amide bonds. The quantitative estimate of drug-likeness (QED) is 0.788. The van der Waals surface area contributed by atoms with E-state index in [2.05, 4.69) is 5.32 Å². The van der Waals surface area contributed by atoms with Crippen molar-refractivity contribution in [1.29, 1.82) is 0 Å². The van der Waals surface area contributed by atoms with Gasteiger partial charge in [0.05, 0.1) is 6.10 Å². The van der Waals surface area contributed by atoms with Gasteiger partial charge in [-0.2, -0.15) is 0 Å². The van der Waals surface area contributed by atoms with E-state index in [0.29, 0.717) is 12.0 Å². The maximum atomic E-state index is 13.3. The predicted octanol–water partition coefficient (Wildman–Crippen LogP) is 3.70. The van der Waals surface area contributed by atoms with Gasteiger partial charge in [0.15, 0.2) is 0 Å². The Kier molecular flexibility index (Phi) is 5.26. The summed E-state index contributed by atoms with van der Waals surface area (Å²) < 4.78 is 19.1. The minimum Gasteiger partial charge on any atom is -0.378 e. The maximum absolute atomic E-state index is 13.3. The third-order valence-electron chi connectivity index (χ3n) is 4.61. The first-order chi connectivity index (χ1) is 10.3. The zero-order chi connectivity index (χ0) is 14.5. The second-order valence-corrected chi connectivity index (χ2v) is 6.59. The van der Waals surface area contributed by atoms with Crippen molar-refractivity contribution in [2.45, 2.75) is 57.1 Å². The van der Waals surface area contributed by atoms with Crippen molar-refractivity contribution in [1.82, 2.24) is 5.32 Å². The molecule has 3 heteroatoms. The second kappa shape index (κ2) is 7.37. The van der Waals surface area contributed by atoms with E-state index in [1.54, 1.807) is 6.07 Å². The summed E-state index contributed by atoms with van der Waals surface area (Å²) in [5.74, 6) is 0.456. The molecular formula is C18H26FNO. The summed E-state index contributed by atoms with van der Waals surface area (Å²) in [7, 11) is 0. The third kappa shape index (κ3) is 5.08. The normalized spacial score (nSPS) is 23.4. The monoisotopic (exact) mass is 291 g/mol. The van der Waals surface area contributed by atoms with E-state index >= 15 is 0 Å². The summed E-state index contributed by atoms with van der Waals surface area (Å²) in [5.41, 5.74) is 1.12. The van der Waals surface area contributed by atoms with Crippen LogP contribution < -0.4 is 5.32 Å². The summed E-state index contributed by atoms with van der Waals surface area (Å²) in [5, 5.41) is 3.63. The molecular weight excluding hydrogens is 265 g/mol. The molecule has 3 rings (SSSR count). The number of ether oxygens (including phenoxy) is 1. The van der Waals surface area contributed by atoms with Crippen molar-refractivity contribution in [3.05, 3.63) is 35.6 Å². The molecule has 116 valence electrons. The second-order valence-electron chi connectivity index (χ2n) is 6.59. The van der Waals surface area contributed by atoms with Crippen LogP contribution in [0.3, 0.4) is 0 Å². The van der Waals surface area contributed by atoms with Gasteiger partial charge in [-0.15, -0.1) is 0 Å². The fraction of sp³-hybridized carbons (Fsp3) is 0.667. The summed E-state index contributed by atoms with van der Waals surface area (Å²) >= 11 is 0. The molecule has 1 aliphatic heterocycles. The van der Waals surface area contributed by atoms with E-state index in [9.17, 15) is 4.39 Å². The van der Waals surface area contributed by atoms with Gasteiger partial charge in [0.1, 0.15) is 5.82 Å². The Bertz CT molecular complexity index is 441. The molecule has 1 aromatic carbocycles. The number of nitrogens with one attached hydrogen (secondary N) is 1. The zero-order valence-corrected chi connectivity index (χ0v) is 12.7. The Morgan fingerprint density at radius 1 is 1.29 bits per heavy atom. The fourth-order valence-corrected chi connectivity index (χ4v) is 3.19. The van der Waals surface area contributed by atoms with Crippen molar-refractivity contribution < 1.29 is 9.13 Å². The summed E-state index contributed by atoms with van der Waals surface area (Å²) in [6.45, 7) is 1.98. The van der Waals surface area contributed by atoms with Gasteiger partial charge in [-0.1, -0.05) is 12.1 Å². The lowest BCUT2D eigenvalue weighted by atomic mass is 9.93. The van der Waals surface area contributed by atoms with Crippen molar-refractivity contribution in [3.8, 4) is 0 Å². The Morgan fingerprint density at radius 2 is 2.19 bits per heavy atom. The van der Waals surface area contributed by atoms with E-state index in [-0.39, 0.29) is 5.82 Å². The lowest BCUT2D eigenvalue weighted by Gasteiger charge is -2.19. The van der Waals surface area contributed by atoms with Gasteiger partial charge in [0.25, 0.3) is 0 Å². The number of benzene rings is 1. The van der Waals surface area contributed by atoms with Gasteiger partial charge >= 0.3 is 0 Å². The van der Waals surface area contributed by atoms with Crippen molar-refractivity contribution in [2.24, 2.45) is 5.92 Å². The molecule has 1 heterocycles. The lowest BCUT2D eigenvalue weighted by molar-refractivity contribution is 0.0979. The van der Waals surface area contributed by atoms with Gasteiger partial charge in [0, 0.05) is 12.6 Å². The molecule has 1 aliphatic carbocycles. The van der Waals surface area contributed by atoms with Crippen LogP contribution in [-0.2, 0) is 11.2 Å². The Labute approximate surface area is 127 Å². The molecule has 0 spiro atoms. The Hall–Kier alpha value is -0.930. The molecule has 2 fully saturated rings. The fourth-order valence-electron chi connectivity index (χ4n) is 3.19. The average molecular weight is 291 g/mol. The van der Waals surface area contributed by atoms with Crippen molar-refractivity contribution in [3.63, 3.8) is 0 Å². The first-order valence-electron chi connectivity index (χ1n) is 8.39. The van der Waals surface area contributed by atoms with Crippen LogP contribution in [0.25, 0.3) is 0 Å². The van der Waals surface area contributed by atoms with Crippen LogP contribution in [0.2, 0.25) is 0 Å². The molecule has 2 aliphatic rings. The molecule has 21 heavy (non-hydrogen) atoms. The summed E-state index contributed by atoms with van der Waals surface area (Å²) in [4.78, 5) is 0. The topological polar surface area (TPSA) is 21.3 Å². The molecule has 2 nitrogen and oxygen atoms in total. The minimum atomic E-state index is -0.125. The Balaban J connectivity index is 1.51. The van der Waals surface area contributed by atoms with E-state index in [1.807, 2.05) is 12.1 Å². The average Bonchev–Trinajstić information content (AvgIpc) is 3.16. The van der Waals surface area contributed by atoms with Crippen LogP contribution in [0.4, 0.5) is 4.39 Å². The highest BCUT2D eigenvalue weighted by atomic mass is 19.1. The van der Waals surface area contributed by atoms with Crippen LogP contribution in [0.15, 0.2) is 24.3 Å². The molecule has 1 N–H and O–H groups in total. The first-order valence-corrected chi connectivity index (χ1v) is 8.39. The van der Waals surface area contributed by atoms with E-state index in [4.69, 9.17) is 4.74 Å². The van der Waals surface area contributed by atoms with Crippen LogP contribution in [0, 0.1) is 11.7 Å². The molecule has 1 aromatic rings. The standard InChI is InChI=1S/C18H26FNO/c19-16-4-1-3-14(12-16)11-15(13-20-17-7-8-17)6-9-18-5-2-10-21-18/h1,3-4,12,15,17-18,20H,2,5-11,13H2. The van der Waals surface area contributed by atoms with Gasteiger partial charge in [-0.05, 0) is 75.1 Å². The van der Waals surface area contributed by atoms with Gasteiger partial charge in [-0.3, -0.25) is 0 Å². The molecule has 2 unspecified atom stereocenters. The highest BCUT2D eigenvalue weighted by Gasteiger charge is 2.23. The van der Waals surface area contributed by atoms with Crippen LogP contribution in [0.5, 0.6) is 0 Å². The molecule has 0 bridgehead atoms. The summed E-state index contributed by atoms with van der Waals surface area (Å²) in [6.07, 6.45) is 8.79. The molecule has 1 saturated heterocycles. The van der Waals surface area contributed by atoms with Crippen LogP contribution >= 0.6 is 0 Å². The zero-order valence-electron chi connectivity index (χ0n) is 12.7. The highest BCUT2D eigenvalue weighted by molar-refractivity contribution is 5.17. The van der Waals surface area contributed by atoms with Gasteiger partial charge in [0.2, 0.25) is 0 Å². The predicted molar refractivity (Wildman–Crippen MR) is 82.8 cm³/mol. The number of halogens is 1. The third-order valence-corrected chi connectivity index (χ3v) is 4.61. The van der Waals surface area contributed by atoms with E-state index in [0.717, 1.165) is 37.6 Å². The van der Waals surface area contributed by atoms with Gasteiger partial charge < -0.3 is 10.1 Å². The summed E-state index contributed by atoms with van der Waals surface area (Å²) in [6, 6.07) is 7.79. The van der Waals surface area contributed by atoms with Crippen LogP contribution in [-0.4, -0.2) is 25.3 Å². The molecule has 1 saturated carbocycles. The maximum Gasteiger partial charge on any atom is 0.123 e. The lowest BCUT2D eigenvalue weighted by Crippen LogP contribution is -2.27. The number of hydrogen-bond acceptors (Lipinski definition) is 2. The molecule has 0 radical (unpaired) electrons. The van der Waals surface area contributed by atoms with Gasteiger partial charge in [-0.25, -0.2) is 4.39 Å². The van der Waals surface area contributed by atoms with E-state index in [1.165, 1.54) is 38.2 Å². The first kappa shape index (κ1) is 15.0. The minimum absolute atomic E-state index is 0.125. The molecule has 0 aromatic heterocycles. The largest absolute Gasteiger partial charge is 0.378 e. The smallest absolute Gasteiger partial charge is 0.123 e.